The van der Waals surface area contributed by atoms with Crippen LogP contribution < -0.4 is 4.90 Å². The average molecular weight is 338 g/mol. The lowest BCUT2D eigenvalue weighted by molar-refractivity contribution is -0.0254. The monoisotopic (exact) mass is 338 g/mol. The van der Waals surface area contributed by atoms with Crippen LogP contribution in [0.15, 0.2) is 24.3 Å². The van der Waals surface area contributed by atoms with Crippen LogP contribution in [-0.2, 0) is 9.47 Å². The van der Waals surface area contributed by atoms with Crippen molar-refractivity contribution in [3.63, 3.8) is 0 Å². The van der Waals surface area contributed by atoms with E-state index in [2.05, 4.69) is 9.80 Å². The van der Waals surface area contributed by atoms with Crippen molar-refractivity contribution in [1.82, 2.24) is 4.90 Å². The fourth-order valence-corrected chi connectivity index (χ4v) is 3.34. The summed E-state index contributed by atoms with van der Waals surface area (Å²) in [4.78, 5) is 4.27. The van der Waals surface area contributed by atoms with Gasteiger partial charge in [-0.05, 0) is 25.0 Å². The van der Waals surface area contributed by atoms with Gasteiger partial charge in [-0.1, -0.05) is 12.1 Å². The van der Waals surface area contributed by atoms with Crippen LogP contribution in [0.2, 0.25) is 0 Å². The number of halogens is 1. The van der Waals surface area contributed by atoms with Crippen LogP contribution in [0.3, 0.4) is 0 Å². The highest BCUT2D eigenvalue weighted by atomic mass is 19.1. The molecule has 2 fully saturated rings. The molecule has 2 atom stereocenters. The molecule has 1 N–H and O–H groups in total. The molecule has 24 heavy (non-hydrogen) atoms. The highest BCUT2D eigenvalue weighted by Crippen LogP contribution is 2.20. The second-order valence-corrected chi connectivity index (χ2v) is 6.57. The SMILES string of the molecule is O[C@H](COC[C@H]1CCCO1)CN1CCN(c2ccccc2F)CC1. The van der Waals surface area contributed by atoms with Gasteiger partial charge in [0.15, 0.2) is 0 Å². The molecule has 1 aromatic rings. The van der Waals surface area contributed by atoms with Crippen molar-refractivity contribution in [3.8, 4) is 0 Å². The molecule has 0 amide bonds. The van der Waals surface area contributed by atoms with Crippen LogP contribution in [-0.4, -0.2) is 74.8 Å². The zero-order chi connectivity index (χ0) is 16.8. The van der Waals surface area contributed by atoms with E-state index in [1.165, 1.54) is 6.07 Å². The number of rotatable bonds is 7. The maximum Gasteiger partial charge on any atom is 0.146 e. The number of nitrogens with zero attached hydrogens (tertiary/aromatic N) is 2. The molecule has 2 heterocycles. The molecular formula is C18H27FN2O3. The molecule has 3 rings (SSSR count). The summed E-state index contributed by atoms with van der Waals surface area (Å²) in [7, 11) is 0. The number of aliphatic hydroxyl groups is 1. The Hall–Kier alpha value is -1.21. The molecule has 0 bridgehead atoms. The number of benzene rings is 1. The number of anilines is 1. The topological polar surface area (TPSA) is 45.2 Å². The van der Waals surface area contributed by atoms with Crippen LogP contribution in [0.5, 0.6) is 0 Å². The molecule has 0 saturated carbocycles. The number of aliphatic hydroxyl groups excluding tert-OH is 1. The Morgan fingerprint density at radius 2 is 2.04 bits per heavy atom. The van der Waals surface area contributed by atoms with Crippen molar-refractivity contribution in [2.45, 2.75) is 25.0 Å². The normalized spacial score (nSPS) is 23.6. The van der Waals surface area contributed by atoms with Gasteiger partial charge in [-0.25, -0.2) is 4.39 Å². The number of hydrogen-bond acceptors (Lipinski definition) is 5. The summed E-state index contributed by atoms with van der Waals surface area (Å²) < 4.78 is 24.9. The Balaban J connectivity index is 1.35. The first-order chi connectivity index (χ1) is 11.7. The standard InChI is InChI=1S/C18H27FN2O3/c19-17-5-1-2-6-18(17)21-9-7-20(8-10-21)12-15(22)13-23-14-16-4-3-11-24-16/h1-2,5-6,15-16,22H,3-4,7-14H2/t15-,16+/m0/s1. The highest BCUT2D eigenvalue weighted by Gasteiger charge is 2.21. The molecule has 2 aliphatic heterocycles. The Bertz CT molecular complexity index is 503. The van der Waals surface area contributed by atoms with Gasteiger partial charge in [0, 0.05) is 39.3 Å². The fraction of sp³-hybridized carbons (Fsp3) is 0.667. The molecule has 0 unspecified atom stereocenters. The van der Waals surface area contributed by atoms with Crippen LogP contribution >= 0.6 is 0 Å². The van der Waals surface area contributed by atoms with Crippen LogP contribution in [0.1, 0.15) is 12.8 Å². The lowest BCUT2D eigenvalue weighted by Gasteiger charge is -2.37. The molecule has 134 valence electrons. The summed E-state index contributed by atoms with van der Waals surface area (Å²) >= 11 is 0. The zero-order valence-corrected chi connectivity index (χ0v) is 14.1. The minimum absolute atomic E-state index is 0.173. The Kier molecular flexibility index (Phi) is 6.43. The van der Waals surface area contributed by atoms with E-state index in [0.29, 0.717) is 25.4 Å². The van der Waals surface area contributed by atoms with E-state index in [4.69, 9.17) is 9.47 Å². The molecule has 6 heteroatoms. The number of piperazine rings is 1. The molecule has 0 aliphatic carbocycles. The van der Waals surface area contributed by atoms with E-state index >= 15 is 0 Å². The van der Waals surface area contributed by atoms with Gasteiger partial charge in [-0.15, -0.1) is 0 Å². The third kappa shape index (κ3) is 4.89. The van der Waals surface area contributed by atoms with Gasteiger partial charge in [-0.3, -0.25) is 4.90 Å². The van der Waals surface area contributed by atoms with Crippen LogP contribution in [0, 0.1) is 5.82 Å². The smallest absolute Gasteiger partial charge is 0.146 e. The number of β-amino-alcohol motifs (C(OH)–C–C–N with tert-alkyl or cyclic N) is 1. The molecular weight excluding hydrogens is 311 g/mol. The Morgan fingerprint density at radius 1 is 1.25 bits per heavy atom. The second kappa shape index (κ2) is 8.76. The summed E-state index contributed by atoms with van der Waals surface area (Å²) in [5.74, 6) is -0.173. The van der Waals surface area contributed by atoms with Crippen molar-refractivity contribution in [3.05, 3.63) is 30.1 Å². The van der Waals surface area contributed by atoms with Gasteiger partial charge < -0.3 is 19.5 Å². The molecule has 0 radical (unpaired) electrons. The van der Waals surface area contributed by atoms with Gasteiger partial charge in [0.05, 0.1) is 31.1 Å². The molecule has 0 aromatic heterocycles. The van der Waals surface area contributed by atoms with Crippen LogP contribution in [0.4, 0.5) is 10.1 Å². The number of para-hydroxylation sites is 1. The van der Waals surface area contributed by atoms with Gasteiger partial charge >= 0.3 is 0 Å². The molecule has 5 nitrogen and oxygen atoms in total. The van der Waals surface area contributed by atoms with E-state index in [0.717, 1.165) is 45.6 Å². The van der Waals surface area contributed by atoms with E-state index in [1.54, 1.807) is 6.07 Å². The first-order valence-electron chi connectivity index (χ1n) is 8.81. The van der Waals surface area contributed by atoms with Gasteiger partial charge in [-0.2, -0.15) is 0 Å². The van der Waals surface area contributed by atoms with E-state index in [-0.39, 0.29) is 11.9 Å². The third-order valence-electron chi connectivity index (χ3n) is 4.67. The van der Waals surface area contributed by atoms with Gasteiger partial charge in [0.1, 0.15) is 5.82 Å². The molecule has 1 aromatic carbocycles. The fourth-order valence-electron chi connectivity index (χ4n) is 3.34. The Labute approximate surface area is 143 Å². The van der Waals surface area contributed by atoms with Crippen molar-refractivity contribution in [2.24, 2.45) is 0 Å². The van der Waals surface area contributed by atoms with Crippen LogP contribution in [0.25, 0.3) is 0 Å². The molecule has 2 aliphatic rings. The lowest BCUT2D eigenvalue weighted by Crippen LogP contribution is -2.49. The number of hydrogen-bond donors (Lipinski definition) is 1. The zero-order valence-electron chi connectivity index (χ0n) is 14.1. The predicted octanol–water partition coefficient (Wildman–Crippen LogP) is 1.50. The third-order valence-corrected chi connectivity index (χ3v) is 4.67. The maximum atomic E-state index is 13.8. The predicted molar refractivity (Wildman–Crippen MR) is 90.9 cm³/mol. The summed E-state index contributed by atoms with van der Waals surface area (Å²) in [5, 5.41) is 10.1. The highest BCUT2D eigenvalue weighted by molar-refractivity contribution is 5.47. The largest absolute Gasteiger partial charge is 0.389 e. The van der Waals surface area contributed by atoms with Crippen molar-refractivity contribution >= 4 is 5.69 Å². The average Bonchev–Trinajstić information content (AvgIpc) is 3.10. The first kappa shape index (κ1) is 17.6. The maximum absolute atomic E-state index is 13.8. The van der Waals surface area contributed by atoms with E-state index in [1.807, 2.05) is 12.1 Å². The minimum Gasteiger partial charge on any atom is -0.389 e. The number of ether oxygens (including phenoxy) is 2. The quantitative estimate of drug-likeness (QED) is 0.816. The van der Waals surface area contributed by atoms with E-state index < -0.39 is 6.10 Å². The second-order valence-electron chi connectivity index (χ2n) is 6.57. The van der Waals surface area contributed by atoms with Crippen molar-refractivity contribution in [2.75, 3.05) is 57.4 Å². The molecule has 0 spiro atoms. The summed E-state index contributed by atoms with van der Waals surface area (Å²) in [5.41, 5.74) is 0.664. The summed E-state index contributed by atoms with van der Waals surface area (Å²) in [6.45, 7) is 5.49. The molecule has 2 saturated heterocycles. The summed E-state index contributed by atoms with van der Waals surface area (Å²) in [6.07, 6.45) is 1.85. The first-order valence-corrected chi connectivity index (χ1v) is 8.81. The van der Waals surface area contributed by atoms with Gasteiger partial charge in [0.2, 0.25) is 0 Å². The lowest BCUT2D eigenvalue weighted by atomic mass is 10.2. The minimum atomic E-state index is -0.494. The van der Waals surface area contributed by atoms with Gasteiger partial charge in [0.25, 0.3) is 0 Å². The van der Waals surface area contributed by atoms with E-state index in [9.17, 15) is 9.50 Å². The van der Waals surface area contributed by atoms with Crippen molar-refractivity contribution < 1.29 is 19.0 Å². The van der Waals surface area contributed by atoms with Crippen molar-refractivity contribution in [1.29, 1.82) is 0 Å². The summed E-state index contributed by atoms with van der Waals surface area (Å²) in [6, 6.07) is 6.89. The Morgan fingerprint density at radius 3 is 2.75 bits per heavy atom.